The van der Waals surface area contributed by atoms with Crippen LogP contribution in [-0.4, -0.2) is 51.2 Å². The molecule has 0 fully saturated rings. The zero-order valence-electron chi connectivity index (χ0n) is 19.4. The summed E-state index contributed by atoms with van der Waals surface area (Å²) in [5.41, 5.74) is 2.08. The summed E-state index contributed by atoms with van der Waals surface area (Å²) in [7, 11) is 4.80. The first-order chi connectivity index (χ1) is 16.6. The summed E-state index contributed by atoms with van der Waals surface area (Å²) in [6.45, 7) is 1.03. The number of ether oxygens (including phenoxy) is 3. The monoisotopic (exact) mass is 480 g/mol. The van der Waals surface area contributed by atoms with Gasteiger partial charge in [-0.3, -0.25) is 9.59 Å². The summed E-state index contributed by atoms with van der Waals surface area (Å²) in [6, 6.07) is 16.3. The van der Waals surface area contributed by atoms with Gasteiger partial charge in [0.05, 0.1) is 32.8 Å². The second-order valence-corrected chi connectivity index (χ2v) is 8.89. The van der Waals surface area contributed by atoms with Gasteiger partial charge in [-0.05, 0) is 41.3 Å². The molecule has 2 amide bonds. The van der Waals surface area contributed by atoms with Gasteiger partial charge in [0, 0.05) is 36.2 Å². The minimum atomic E-state index is -0.569. The lowest BCUT2D eigenvalue weighted by Gasteiger charge is -2.41. The fourth-order valence-corrected chi connectivity index (χ4v) is 5.27. The number of hydrogen-bond donors (Lipinski definition) is 1. The van der Waals surface area contributed by atoms with Crippen LogP contribution in [0.15, 0.2) is 60.0 Å². The second-order valence-electron chi connectivity index (χ2n) is 7.91. The maximum absolute atomic E-state index is 13.8. The third-order valence-electron chi connectivity index (χ3n) is 6.03. The predicted octanol–water partition coefficient (Wildman–Crippen LogP) is 4.01. The number of amides is 2. The lowest BCUT2D eigenvalue weighted by atomic mass is 9.81. The minimum absolute atomic E-state index is 0.0930. The highest BCUT2D eigenvalue weighted by molar-refractivity contribution is 7.10. The van der Waals surface area contributed by atoms with Crippen molar-refractivity contribution >= 4 is 23.2 Å². The van der Waals surface area contributed by atoms with E-state index in [1.165, 1.54) is 11.3 Å². The highest BCUT2D eigenvalue weighted by atomic mass is 32.1. The van der Waals surface area contributed by atoms with E-state index in [-0.39, 0.29) is 18.4 Å². The summed E-state index contributed by atoms with van der Waals surface area (Å²) < 4.78 is 16.1. The number of benzene rings is 2. The Hall–Kier alpha value is -3.36. The first-order valence-electron chi connectivity index (χ1n) is 11.0. The van der Waals surface area contributed by atoms with Gasteiger partial charge in [-0.15, -0.1) is 11.3 Å². The van der Waals surface area contributed by atoms with Crippen molar-refractivity contribution < 1.29 is 23.8 Å². The summed E-state index contributed by atoms with van der Waals surface area (Å²) in [5, 5.41) is 5.04. The number of methoxy groups -OCH3 is 3. The number of carbonyl (C=O) groups excluding carboxylic acids is 2. The molecule has 3 aromatic rings. The van der Waals surface area contributed by atoms with Gasteiger partial charge in [-0.1, -0.05) is 24.3 Å². The van der Waals surface area contributed by atoms with E-state index in [1.807, 2.05) is 53.9 Å². The minimum Gasteiger partial charge on any atom is -0.497 e. The van der Waals surface area contributed by atoms with E-state index in [1.54, 1.807) is 32.3 Å². The summed E-state index contributed by atoms with van der Waals surface area (Å²) in [4.78, 5) is 29.9. The number of rotatable bonds is 9. The topological polar surface area (TPSA) is 77.1 Å². The van der Waals surface area contributed by atoms with Crippen LogP contribution in [0.25, 0.3) is 0 Å². The molecular formula is C26H28N2O5S. The fraction of sp³-hybridized carbons (Fsp3) is 0.308. The van der Waals surface area contributed by atoms with Crippen molar-refractivity contribution in [2.24, 2.45) is 0 Å². The van der Waals surface area contributed by atoms with Crippen LogP contribution in [0.1, 0.15) is 38.3 Å². The van der Waals surface area contributed by atoms with Crippen LogP contribution in [0.3, 0.4) is 0 Å². The lowest BCUT2D eigenvalue weighted by molar-refractivity contribution is -0.124. The molecule has 0 saturated carbocycles. The molecule has 2 heterocycles. The van der Waals surface area contributed by atoms with Crippen LogP contribution in [0, 0.1) is 0 Å². The van der Waals surface area contributed by atoms with Crippen LogP contribution in [0.2, 0.25) is 0 Å². The van der Waals surface area contributed by atoms with Crippen molar-refractivity contribution in [3.63, 3.8) is 0 Å². The van der Waals surface area contributed by atoms with E-state index in [0.29, 0.717) is 30.2 Å². The first-order valence-corrected chi connectivity index (χ1v) is 11.9. The van der Waals surface area contributed by atoms with Gasteiger partial charge in [0.2, 0.25) is 5.91 Å². The Labute approximate surface area is 203 Å². The van der Waals surface area contributed by atoms with Gasteiger partial charge in [-0.2, -0.15) is 0 Å². The molecule has 34 heavy (non-hydrogen) atoms. The molecule has 7 nitrogen and oxygen atoms in total. The van der Waals surface area contributed by atoms with Crippen molar-refractivity contribution in [1.82, 2.24) is 10.2 Å². The Balaban J connectivity index is 1.70. The normalized spacial score (nSPS) is 17.3. The Bertz CT molecular complexity index is 1150. The molecule has 0 aliphatic carbocycles. The zero-order chi connectivity index (χ0) is 24.1. The molecule has 4 rings (SSSR count). The van der Waals surface area contributed by atoms with Gasteiger partial charge in [0.25, 0.3) is 5.91 Å². The third kappa shape index (κ3) is 4.64. The van der Waals surface area contributed by atoms with Gasteiger partial charge >= 0.3 is 0 Å². The van der Waals surface area contributed by atoms with Crippen molar-refractivity contribution in [2.45, 2.75) is 18.5 Å². The Kier molecular flexibility index (Phi) is 7.49. The van der Waals surface area contributed by atoms with Crippen LogP contribution in [-0.2, 0) is 16.1 Å². The molecule has 1 aliphatic heterocycles. The average molecular weight is 481 g/mol. The highest BCUT2D eigenvalue weighted by Gasteiger charge is 2.44. The van der Waals surface area contributed by atoms with Gasteiger partial charge in [0.1, 0.15) is 11.5 Å². The summed E-state index contributed by atoms with van der Waals surface area (Å²) in [6.07, 6.45) is 0. The van der Waals surface area contributed by atoms with Crippen LogP contribution in [0.5, 0.6) is 11.5 Å². The molecule has 0 saturated heterocycles. The predicted molar refractivity (Wildman–Crippen MR) is 131 cm³/mol. The van der Waals surface area contributed by atoms with E-state index in [9.17, 15) is 9.59 Å². The molecular weight excluding hydrogens is 452 g/mol. The molecule has 1 N–H and O–H groups in total. The number of carbonyl (C=O) groups is 2. The van der Waals surface area contributed by atoms with E-state index in [2.05, 4.69) is 5.32 Å². The number of fused-ring (bicyclic) bond motifs is 1. The number of hydrogen-bond acceptors (Lipinski definition) is 6. The first kappa shape index (κ1) is 23.8. The molecule has 2 aromatic carbocycles. The molecule has 8 heteroatoms. The molecule has 0 radical (unpaired) electrons. The second kappa shape index (κ2) is 10.7. The quantitative estimate of drug-likeness (QED) is 0.501. The van der Waals surface area contributed by atoms with Crippen molar-refractivity contribution in [3.8, 4) is 11.5 Å². The number of nitrogens with one attached hydrogen (secondary N) is 1. The van der Waals surface area contributed by atoms with Crippen LogP contribution in [0.4, 0.5) is 0 Å². The summed E-state index contributed by atoms with van der Waals surface area (Å²) in [5.74, 6) is 0.522. The molecule has 0 bridgehead atoms. The van der Waals surface area contributed by atoms with Gasteiger partial charge in [-0.25, -0.2) is 0 Å². The SMILES string of the molecule is COCCN1C(=O)c2ccccc2[C@H](C(=O)NCc2cc(OC)ccc2OC)[C@@H]1c1cccs1. The smallest absolute Gasteiger partial charge is 0.254 e. The molecule has 0 spiro atoms. The Morgan fingerprint density at radius 3 is 2.59 bits per heavy atom. The fourth-order valence-electron chi connectivity index (χ4n) is 4.40. The summed E-state index contributed by atoms with van der Waals surface area (Å²) >= 11 is 1.54. The maximum atomic E-state index is 13.8. The van der Waals surface area contributed by atoms with E-state index >= 15 is 0 Å². The Morgan fingerprint density at radius 1 is 1.06 bits per heavy atom. The van der Waals surface area contributed by atoms with Crippen molar-refractivity contribution in [1.29, 1.82) is 0 Å². The highest BCUT2D eigenvalue weighted by Crippen LogP contribution is 2.44. The third-order valence-corrected chi connectivity index (χ3v) is 6.98. The molecule has 0 unspecified atom stereocenters. The number of thiophene rings is 1. The maximum Gasteiger partial charge on any atom is 0.254 e. The van der Waals surface area contributed by atoms with Gasteiger partial charge < -0.3 is 24.4 Å². The van der Waals surface area contributed by atoms with Crippen molar-refractivity contribution in [2.75, 3.05) is 34.5 Å². The van der Waals surface area contributed by atoms with E-state index in [0.717, 1.165) is 16.0 Å². The van der Waals surface area contributed by atoms with Crippen molar-refractivity contribution in [3.05, 3.63) is 81.5 Å². The lowest BCUT2D eigenvalue weighted by Crippen LogP contribution is -2.48. The molecule has 1 aromatic heterocycles. The van der Waals surface area contributed by atoms with Crippen LogP contribution < -0.4 is 14.8 Å². The standard InChI is InChI=1S/C26H28N2O5S/c1-31-13-12-28-24(22-9-6-14-34-22)23(19-7-4-5-8-20(19)26(28)30)25(29)27-16-17-15-18(32-2)10-11-21(17)33-3/h4-11,14-15,23-24H,12-13,16H2,1-3H3,(H,27,29)/t23-,24-/m0/s1. The van der Waals surface area contributed by atoms with E-state index in [4.69, 9.17) is 14.2 Å². The van der Waals surface area contributed by atoms with E-state index < -0.39 is 12.0 Å². The Morgan fingerprint density at radius 2 is 1.88 bits per heavy atom. The molecule has 1 aliphatic rings. The molecule has 2 atom stereocenters. The van der Waals surface area contributed by atoms with Crippen LogP contribution >= 0.6 is 11.3 Å². The zero-order valence-corrected chi connectivity index (χ0v) is 20.3. The number of nitrogens with zero attached hydrogens (tertiary/aromatic N) is 1. The molecule has 178 valence electrons. The largest absolute Gasteiger partial charge is 0.497 e. The van der Waals surface area contributed by atoms with Gasteiger partial charge in [0.15, 0.2) is 0 Å². The average Bonchev–Trinajstić information content (AvgIpc) is 3.41.